The molecule has 4 heterocycles. The van der Waals surface area contributed by atoms with E-state index < -0.39 is 6.75 Å². The van der Waals surface area contributed by atoms with Gasteiger partial charge in [-0.25, -0.2) is 0 Å². The number of aromatic nitrogens is 1. The summed E-state index contributed by atoms with van der Waals surface area (Å²) in [5, 5.41) is 0.590. The van der Waals surface area contributed by atoms with E-state index in [1.807, 2.05) is 0 Å². The van der Waals surface area contributed by atoms with Crippen LogP contribution in [0, 0.1) is 5.41 Å². The second kappa shape index (κ2) is 4.58. The number of hydrogen-bond donors (Lipinski definition) is 0. The summed E-state index contributed by atoms with van der Waals surface area (Å²) in [5.74, 6) is 0. The zero-order chi connectivity index (χ0) is 11.2. The maximum absolute atomic E-state index is 5.79. The minimum atomic E-state index is -1.84. The molecule has 0 aromatic carbocycles. The summed E-state index contributed by atoms with van der Waals surface area (Å²) in [4.78, 5) is 4.21. The van der Waals surface area contributed by atoms with E-state index in [9.17, 15) is 0 Å². The van der Waals surface area contributed by atoms with Gasteiger partial charge in [-0.2, -0.15) is 0 Å². The predicted molar refractivity (Wildman–Crippen MR) is 60.6 cm³/mol. The quantitative estimate of drug-likeness (QED) is 0.537. The third kappa shape index (κ3) is 2.28. The first kappa shape index (κ1) is 13.4. The molecular weight excluding hydrogens is 235 g/mol. The van der Waals surface area contributed by atoms with Crippen LogP contribution >= 0.6 is 11.6 Å². The number of halogens is 1. The normalized spacial score (nSPS) is 35.4. The Morgan fingerprint density at radius 3 is 2.29 bits per heavy atom. The van der Waals surface area contributed by atoms with Crippen molar-refractivity contribution < 1.29 is 32.8 Å². The molecule has 4 rings (SSSR count). The smallest absolute Gasteiger partial charge is 0.539 e. The van der Waals surface area contributed by atoms with Crippen LogP contribution in [0.4, 0.5) is 0 Å². The molecule has 86 valence electrons. The second-order valence-electron chi connectivity index (χ2n) is 4.79. The van der Waals surface area contributed by atoms with Gasteiger partial charge in [0.2, 0.25) is 0 Å². The molecule has 0 aliphatic carbocycles. The van der Waals surface area contributed by atoms with Crippen LogP contribution in [0.25, 0.3) is 0 Å². The zero-order valence-corrected chi connectivity index (χ0v) is 10.7. The Labute approximate surface area is 117 Å². The van der Waals surface area contributed by atoms with Gasteiger partial charge < -0.3 is 14.0 Å². The van der Waals surface area contributed by atoms with E-state index >= 15 is 0 Å². The van der Waals surface area contributed by atoms with Crippen molar-refractivity contribution >= 4 is 23.9 Å². The Bertz CT molecular complexity index is 392. The molecule has 2 bridgehead atoms. The summed E-state index contributed by atoms with van der Waals surface area (Å²) in [6.07, 6.45) is 1.58. The van der Waals surface area contributed by atoms with Gasteiger partial charge in [-0.1, -0.05) is 24.6 Å². The Balaban J connectivity index is 0.00000108. The molecule has 0 radical (unpaired) electrons. The minimum Gasteiger partial charge on any atom is -0.539 e. The van der Waals surface area contributed by atoms with Crippen molar-refractivity contribution in [1.29, 1.82) is 0 Å². The molecule has 1 aromatic rings. The number of pyridine rings is 1. The van der Waals surface area contributed by atoms with Gasteiger partial charge in [0.25, 0.3) is 0 Å². The van der Waals surface area contributed by atoms with Gasteiger partial charge in [0.05, 0.1) is 5.02 Å². The monoisotopic (exact) mass is 247 g/mol. The maximum Gasteiger partial charge on any atom is 1.00 e. The van der Waals surface area contributed by atoms with Gasteiger partial charge in [0.1, 0.15) is 0 Å². The van der Waals surface area contributed by atoms with Crippen LogP contribution in [0.2, 0.25) is 5.02 Å². The molecule has 3 saturated heterocycles. The topological polar surface area (TPSA) is 40.6 Å². The standard InChI is InChI=1S/C10H12BClNO3.Li/c1-10-5-14-11(15-6-10,16-7-10)9-3-2-8(12)4-13-9;/h2-4H,5-7H2,1H3;/q-1;+1. The number of rotatable bonds is 1. The summed E-state index contributed by atoms with van der Waals surface area (Å²) in [6, 6.07) is 3.55. The van der Waals surface area contributed by atoms with Gasteiger partial charge in [-0.15, -0.1) is 0 Å². The van der Waals surface area contributed by atoms with Gasteiger partial charge in [-0.05, 0) is 11.7 Å². The van der Waals surface area contributed by atoms with Crippen LogP contribution in [0.15, 0.2) is 18.3 Å². The summed E-state index contributed by atoms with van der Waals surface area (Å²) >= 11 is 5.79. The first-order chi connectivity index (χ1) is 7.62. The molecule has 3 aliphatic heterocycles. The molecule has 0 saturated carbocycles. The van der Waals surface area contributed by atoms with Crippen LogP contribution in [0.1, 0.15) is 6.92 Å². The molecule has 0 unspecified atom stereocenters. The van der Waals surface area contributed by atoms with Gasteiger partial charge >= 0.3 is 25.6 Å². The molecule has 17 heavy (non-hydrogen) atoms. The first-order valence-corrected chi connectivity index (χ1v) is 5.67. The fourth-order valence-corrected chi connectivity index (χ4v) is 2.17. The maximum atomic E-state index is 5.79. The van der Waals surface area contributed by atoms with E-state index in [-0.39, 0.29) is 24.3 Å². The van der Waals surface area contributed by atoms with Crippen LogP contribution in [0.5, 0.6) is 0 Å². The third-order valence-electron chi connectivity index (χ3n) is 3.07. The number of nitrogens with zero attached hydrogens (tertiary/aromatic N) is 1. The van der Waals surface area contributed by atoms with Crippen molar-refractivity contribution in [2.24, 2.45) is 5.41 Å². The molecule has 3 fully saturated rings. The Hall–Kier alpha value is -0.0177. The van der Waals surface area contributed by atoms with Gasteiger partial charge in [0.15, 0.2) is 0 Å². The Morgan fingerprint density at radius 2 is 1.82 bits per heavy atom. The summed E-state index contributed by atoms with van der Waals surface area (Å²) < 4.78 is 17.1. The van der Waals surface area contributed by atoms with Crippen LogP contribution < -0.4 is 24.5 Å². The summed E-state index contributed by atoms with van der Waals surface area (Å²) in [7, 11) is 0. The van der Waals surface area contributed by atoms with Crippen molar-refractivity contribution in [3.8, 4) is 0 Å². The summed E-state index contributed by atoms with van der Waals surface area (Å²) in [5.41, 5.74) is 0.654. The largest absolute Gasteiger partial charge is 1.00 e. The van der Waals surface area contributed by atoms with E-state index in [2.05, 4.69) is 11.9 Å². The van der Waals surface area contributed by atoms with Crippen LogP contribution in [-0.2, 0) is 14.0 Å². The fraction of sp³-hybridized carbons (Fsp3) is 0.500. The van der Waals surface area contributed by atoms with E-state index in [4.69, 9.17) is 25.6 Å². The molecular formula is C10H12BClLiNO3. The zero-order valence-electron chi connectivity index (χ0n) is 9.98. The second-order valence-corrected chi connectivity index (χ2v) is 5.22. The summed E-state index contributed by atoms with van der Waals surface area (Å²) in [6.45, 7) is 2.20. The van der Waals surface area contributed by atoms with E-state index in [1.54, 1.807) is 18.3 Å². The number of fused-ring (bicyclic) bond motifs is 3. The van der Waals surface area contributed by atoms with Crippen molar-refractivity contribution in [3.05, 3.63) is 23.4 Å². The predicted octanol–water partition coefficient (Wildman–Crippen LogP) is -2.03. The molecule has 0 N–H and O–H groups in total. The minimum absolute atomic E-state index is 0. The third-order valence-corrected chi connectivity index (χ3v) is 3.29. The Kier molecular flexibility index (Phi) is 3.62. The van der Waals surface area contributed by atoms with E-state index in [1.165, 1.54) is 0 Å². The van der Waals surface area contributed by atoms with Gasteiger partial charge in [0, 0.05) is 31.4 Å². The van der Waals surface area contributed by atoms with Crippen molar-refractivity contribution in [2.75, 3.05) is 19.8 Å². The van der Waals surface area contributed by atoms with Crippen LogP contribution in [0.3, 0.4) is 0 Å². The molecule has 0 atom stereocenters. The van der Waals surface area contributed by atoms with Crippen molar-refractivity contribution in [1.82, 2.24) is 4.98 Å². The molecule has 3 aliphatic rings. The van der Waals surface area contributed by atoms with Crippen molar-refractivity contribution in [3.63, 3.8) is 0 Å². The molecule has 4 nitrogen and oxygen atoms in total. The number of hydrogen-bond acceptors (Lipinski definition) is 4. The molecule has 0 amide bonds. The average molecular weight is 247 g/mol. The molecule has 1 aromatic heterocycles. The fourth-order valence-electron chi connectivity index (χ4n) is 2.05. The van der Waals surface area contributed by atoms with E-state index in [0.29, 0.717) is 30.4 Å². The Morgan fingerprint density at radius 1 is 1.24 bits per heavy atom. The van der Waals surface area contributed by atoms with Gasteiger partial charge in [-0.3, -0.25) is 4.98 Å². The van der Waals surface area contributed by atoms with E-state index in [0.717, 1.165) is 0 Å². The van der Waals surface area contributed by atoms with Crippen LogP contribution in [-0.4, -0.2) is 31.6 Å². The average Bonchev–Trinajstić information content (AvgIpc) is 2.31. The molecule has 0 spiro atoms. The first-order valence-electron chi connectivity index (χ1n) is 5.29. The molecule has 7 heteroatoms. The SMILES string of the molecule is CC12CO[B-](c3ccc(Cl)cn3)(OC1)OC2.[Li+]. The van der Waals surface area contributed by atoms with Crippen molar-refractivity contribution in [2.45, 2.75) is 6.92 Å².